The second kappa shape index (κ2) is 9.50. The van der Waals surface area contributed by atoms with E-state index in [0.717, 1.165) is 44.6 Å². The minimum atomic E-state index is -3.73. The van der Waals surface area contributed by atoms with Gasteiger partial charge in [0.1, 0.15) is 18.5 Å². The highest BCUT2D eigenvalue weighted by atomic mass is 35.5. The second-order valence-corrected chi connectivity index (χ2v) is 10.4. The summed E-state index contributed by atoms with van der Waals surface area (Å²) in [5.41, 5.74) is 0. The summed E-state index contributed by atoms with van der Waals surface area (Å²) in [5, 5.41) is 0.393. The van der Waals surface area contributed by atoms with E-state index in [1.54, 1.807) is 18.2 Å². The van der Waals surface area contributed by atoms with E-state index in [0.29, 0.717) is 29.7 Å². The zero-order valence-electron chi connectivity index (χ0n) is 16.7. The van der Waals surface area contributed by atoms with Gasteiger partial charge in [-0.05, 0) is 62.2 Å². The number of rotatable bonds is 6. The van der Waals surface area contributed by atoms with Crippen molar-refractivity contribution in [3.8, 4) is 11.5 Å². The van der Waals surface area contributed by atoms with Crippen molar-refractivity contribution in [3.63, 3.8) is 0 Å². The Morgan fingerprint density at radius 1 is 1.10 bits per heavy atom. The Labute approximate surface area is 191 Å². The highest BCUT2D eigenvalue weighted by molar-refractivity contribution is 7.89. The van der Waals surface area contributed by atoms with Gasteiger partial charge in [-0.2, -0.15) is 0 Å². The summed E-state index contributed by atoms with van der Waals surface area (Å²) in [7, 11) is -3.73. The monoisotopic (exact) mass is 488 g/mol. The van der Waals surface area contributed by atoms with Gasteiger partial charge in [-0.15, -0.1) is 0 Å². The minimum Gasteiger partial charge on any atom is -0.486 e. The molecule has 2 heterocycles. The van der Waals surface area contributed by atoms with Gasteiger partial charge >= 0.3 is 0 Å². The number of halogens is 3. The molecule has 0 radical (unpaired) electrons. The molecule has 2 aliphatic rings. The second-order valence-electron chi connectivity index (χ2n) is 7.81. The van der Waals surface area contributed by atoms with Crippen molar-refractivity contribution < 1.29 is 22.3 Å². The lowest BCUT2D eigenvalue weighted by atomic mass is 9.97. The van der Waals surface area contributed by atoms with E-state index in [2.05, 4.69) is 9.62 Å². The number of likely N-dealkylation sites (tertiary alicyclic amines) is 1. The molecule has 168 valence electrons. The average Bonchev–Trinajstić information content (AvgIpc) is 2.75. The highest BCUT2D eigenvalue weighted by Crippen LogP contribution is 2.34. The largest absolute Gasteiger partial charge is 0.486 e. The highest BCUT2D eigenvalue weighted by Gasteiger charge is 2.27. The van der Waals surface area contributed by atoms with Crippen molar-refractivity contribution in [2.45, 2.75) is 23.8 Å². The normalized spacial score (nSPS) is 20.0. The fourth-order valence-corrected chi connectivity index (χ4v) is 5.34. The predicted molar refractivity (Wildman–Crippen MR) is 117 cm³/mol. The van der Waals surface area contributed by atoms with Gasteiger partial charge in [-0.1, -0.05) is 23.2 Å². The zero-order valence-corrected chi connectivity index (χ0v) is 19.0. The molecule has 0 amide bonds. The average molecular weight is 489 g/mol. The number of hydrogen-bond donors (Lipinski definition) is 1. The van der Waals surface area contributed by atoms with Gasteiger partial charge in [0.2, 0.25) is 10.0 Å². The Kier molecular flexibility index (Phi) is 6.93. The summed E-state index contributed by atoms with van der Waals surface area (Å²) in [5.74, 6) is 0.944. The number of fused-ring (bicyclic) bond motifs is 1. The van der Waals surface area contributed by atoms with Crippen LogP contribution in [0.5, 0.6) is 11.5 Å². The number of hydrogen-bond acceptors (Lipinski definition) is 5. The number of nitrogens with one attached hydrogen (secondary N) is 1. The van der Waals surface area contributed by atoms with E-state index in [9.17, 15) is 12.8 Å². The molecule has 2 aliphatic heterocycles. The van der Waals surface area contributed by atoms with E-state index >= 15 is 0 Å². The Hall–Kier alpha value is -1.58. The van der Waals surface area contributed by atoms with E-state index in [1.807, 2.05) is 0 Å². The molecule has 31 heavy (non-hydrogen) atoms. The van der Waals surface area contributed by atoms with Crippen LogP contribution in [-0.2, 0) is 10.0 Å². The van der Waals surface area contributed by atoms with Crippen LogP contribution in [0.1, 0.15) is 12.8 Å². The summed E-state index contributed by atoms with van der Waals surface area (Å²) in [6.07, 6.45) is 1.65. The summed E-state index contributed by atoms with van der Waals surface area (Å²) in [6.45, 7) is 3.24. The first-order valence-electron chi connectivity index (χ1n) is 10.1. The zero-order chi connectivity index (χ0) is 22.0. The quantitative estimate of drug-likeness (QED) is 0.666. The van der Waals surface area contributed by atoms with Crippen molar-refractivity contribution in [2.24, 2.45) is 5.92 Å². The number of sulfonamides is 1. The summed E-state index contributed by atoms with van der Waals surface area (Å²) < 4.78 is 52.6. The standard InChI is InChI=1S/C21H23Cl2FN2O4S/c22-15-1-4-20-21(9-15)30-16(13-29-20)12-26-7-5-14(6-8-26)11-25-31(27,28)17-2-3-19(24)18(23)10-17/h1-4,9-10,14,16,25H,5-8,11-13H2/t16-/m0/s1. The lowest BCUT2D eigenvalue weighted by Crippen LogP contribution is -2.45. The molecule has 4 rings (SSSR count). The lowest BCUT2D eigenvalue weighted by molar-refractivity contribution is 0.0481. The molecule has 6 nitrogen and oxygen atoms in total. The van der Waals surface area contributed by atoms with Crippen LogP contribution in [0.15, 0.2) is 41.3 Å². The molecule has 0 bridgehead atoms. The summed E-state index contributed by atoms with van der Waals surface area (Å²) in [6, 6.07) is 8.73. The van der Waals surface area contributed by atoms with Crippen LogP contribution in [0.2, 0.25) is 10.0 Å². The fraction of sp³-hybridized carbons (Fsp3) is 0.429. The first-order valence-corrected chi connectivity index (χ1v) is 12.3. The molecular weight excluding hydrogens is 466 g/mol. The SMILES string of the molecule is O=S(=O)(NCC1CCN(C[C@H]2COc3ccc(Cl)cc3O2)CC1)c1ccc(F)c(Cl)c1. The first kappa shape index (κ1) is 22.6. The van der Waals surface area contributed by atoms with E-state index in [4.69, 9.17) is 32.7 Å². The van der Waals surface area contributed by atoms with Crippen molar-refractivity contribution in [2.75, 3.05) is 32.8 Å². The van der Waals surface area contributed by atoms with Gasteiger partial charge in [0.25, 0.3) is 0 Å². The maximum Gasteiger partial charge on any atom is 0.240 e. The number of ether oxygens (including phenoxy) is 2. The third-order valence-corrected chi connectivity index (χ3v) is 7.50. The fourth-order valence-electron chi connectivity index (χ4n) is 3.80. The van der Waals surface area contributed by atoms with Crippen LogP contribution in [-0.4, -0.2) is 52.2 Å². The summed E-state index contributed by atoms with van der Waals surface area (Å²) in [4.78, 5) is 2.26. The van der Waals surface area contributed by atoms with Gasteiger partial charge in [0, 0.05) is 24.2 Å². The van der Waals surface area contributed by atoms with Crippen molar-refractivity contribution in [3.05, 3.63) is 52.3 Å². The van der Waals surface area contributed by atoms with Crippen LogP contribution in [0.3, 0.4) is 0 Å². The Balaban J connectivity index is 1.24. The van der Waals surface area contributed by atoms with Crippen molar-refractivity contribution >= 4 is 33.2 Å². The molecule has 0 unspecified atom stereocenters. The molecule has 0 saturated carbocycles. The van der Waals surface area contributed by atoms with Crippen LogP contribution in [0.25, 0.3) is 0 Å². The maximum atomic E-state index is 13.3. The van der Waals surface area contributed by atoms with Gasteiger partial charge in [-0.3, -0.25) is 4.90 Å². The summed E-state index contributed by atoms with van der Waals surface area (Å²) >= 11 is 11.7. The van der Waals surface area contributed by atoms with Gasteiger partial charge in [0.05, 0.1) is 9.92 Å². The predicted octanol–water partition coefficient (Wildman–Crippen LogP) is 3.96. The number of piperidine rings is 1. The molecule has 0 aromatic heterocycles. The molecule has 1 N–H and O–H groups in total. The minimum absolute atomic E-state index is 0.0360. The number of benzene rings is 2. The number of nitrogens with zero attached hydrogens (tertiary/aromatic N) is 1. The van der Waals surface area contributed by atoms with Crippen molar-refractivity contribution in [1.82, 2.24) is 9.62 Å². The van der Waals surface area contributed by atoms with E-state index in [-0.39, 0.29) is 21.9 Å². The van der Waals surface area contributed by atoms with Crippen LogP contribution >= 0.6 is 23.2 Å². The van der Waals surface area contributed by atoms with Gasteiger partial charge in [-0.25, -0.2) is 17.5 Å². The first-order chi connectivity index (χ1) is 14.8. The topological polar surface area (TPSA) is 67.9 Å². The molecular formula is C21H23Cl2FN2O4S. The molecule has 1 atom stereocenters. The molecule has 2 aromatic carbocycles. The molecule has 1 saturated heterocycles. The third kappa shape index (κ3) is 5.62. The molecule has 0 spiro atoms. The molecule has 0 aliphatic carbocycles. The lowest BCUT2D eigenvalue weighted by Gasteiger charge is -2.35. The van der Waals surface area contributed by atoms with Gasteiger partial charge in [0.15, 0.2) is 11.5 Å². The van der Waals surface area contributed by atoms with Crippen molar-refractivity contribution in [1.29, 1.82) is 0 Å². The Morgan fingerprint density at radius 3 is 2.61 bits per heavy atom. The maximum absolute atomic E-state index is 13.3. The van der Waals surface area contributed by atoms with Crippen LogP contribution in [0, 0.1) is 11.7 Å². The van der Waals surface area contributed by atoms with Crippen LogP contribution in [0.4, 0.5) is 4.39 Å². The van der Waals surface area contributed by atoms with E-state index < -0.39 is 15.8 Å². The van der Waals surface area contributed by atoms with Crippen LogP contribution < -0.4 is 14.2 Å². The molecule has 2 aromatic rings. The molecule has 10 heteroatoms. The van der Waals surface area contributed by atoms with Gasteiger partial charge < -0.3 is 9.47 Å². The Bertz CT molecular complexity index is 1050. The van der Waals surface area contributed by atoms with E-state index in [1.165, 1.54) is 6.07 Å². The third-order valence-electron chi connectivity index (χ3n) is 5.56. The smallest absolute Gasteiger partial charge is 0.240 e. The Morgan fingerprint density at radius 2 is 1.87 bits per heavy atom. The molecule has 1 fully saturated rings.